The zero-order chi connectivity index (χ0) is 22.2. The largest absolute Gasteiger partial charge is 0.302 e. The molecule has 1 unspecified atom stereocenters. The lowest BCUT2D eigenvalue weighted by molar-refractivity contribution is 0.529. The second kappa shape index (κ2) is 16.4. The molecule has 0 saturated carbocycles. The number of rotatable bonds is 18. The smallest absolute Gasteiger partial charge is 0.186 e. The van der Waals surface area contributed by atoms with Crippen molar-refractivity contribution in [3.63, 3.8) is 0 Å². The number of unbranched alkanes of at least 4 members (excludes halogenated alkanes) is 15. The molecule has 31 heavy (non-hydrogen) atoms. The lowest BCUT2D eigenvalue weighted by Gasteiger charge is -2.08. The van der Waals surface area contributed by atoms with Crippen molar-refractivity contribution < 1.29 is 8.76 Å². The van der Waals surface area contributed by atoms with E-state index < -0.39 is 11.1 Å². The van der Waals surface area contributed by atoms with Crippen LogP contribution >= 0.6 is 0 Å². The molecule has 0 spiro atoms. The van der Waals surface area contributed by atoms with Crippen LogP contribution in [0.1, 0.15) is 115 Å². The minimum atomic E-state index is -1.91. The normalized spacial score (nSPS) is 12.5. The van der Waals surface area contributed by atoms with Crippen molar-refractivity contribution in [2.45, 2.75) is 121 Å². The van der Waals surface area contributed by atoms with E-state index in [2.05, 4.69) is 25.1 Å². The van der Waals surface area contributed by atoms with Crippen LogP contribution in [0.25, 0.3) is 10.8 Å². The molecular weight excluding hydrogens is 400 g/mol. The first-order valence-electron chi connectivity index (χ1n) is 12.8. The van der Waals surface area contributed by atoms with Crippen LogP contribution in [0.15, 0.2) is 41.3 Å². The molecule has 0 heterocycles. The minimum absolute atomic E-state index is 0.493. The van der Waals surface area contributed by atoms with Gasteiger partial charge in [-0.05, 0) is 41.3 Å². The maximum absolute atomic E-state index is 11.4. The van der Waals surface area contributed by atoms with Gasteiger partial charge in [-0.1, -0.05) is 128 Å². The third-order valence-corrected chi connectivity index (χ3v) is 7.10. The van der Waals surface area contributed by atoms with Crippen molar-refractivity contribution in [1.82, 2.24) is 0 Å². The number of hydrogen-bond donors (Lipinski definition) is 1. The molecule has 0 aliphatic carbocycles. The van der Waals surface area contributed by atoms with E-state index in [0.717, 1.165) is 17.2 Å². The fourth-order valence-corrected chi connectivity index (χ4v) is 4.91. The molecule has 0 radical (unpaired) electrons. The van der Waals surface area contributed by atoms with E-state index in [1.165, 1.54) is 108 Å². The molecule has 0 aromatic heterocycles. The van der Waals surface area contributed by atoms with E-state index in [1.807, 2.05) is 12.1 Å². The van der Waals surface area contributed by atoms with Gasteiger partial charge < -0.3 is 4.55 Å². The van der Waals surface area contributed by atoms with Crippen molar-refractivity contribution in [1.29, 1.82) is 0 Å². The molecule has 3 heteroatoms. The molecule has 2 aromatic rings. The number of aryl methyl sites for hydroxylation is 1. The van der Waals surface area contributed by atoms with Crippen LogP contribution in [0.5, 0.6) is 0 Å². The predicted molar refractivity (Wildman–Crippen MR) is 136 cm³/mol. The molecule has 1 N–H and O–H groups in total. The molecule has 0 amide bonds. The fraction of sp³-hybridized carbons (Fsp3) is 0.643. The van der Waals surface area contributed by atoms with Gasteiger partial charge in [-0.15, -0.1) is 0 Å². The van der Waals surface area contributed by atoms with Crippen LogP contribution in [0.3, 0.4) is 0 Å². The molecular formula is C28H44O2S. The van der Waals surface area contributed by atoms with Crippen molar-refractivity contribution in [3.8, 4) is 0 Å². The van der Waals surface area contributed by atoms with Gasteiger partial charge in [0.15, 0.2) is 11.1 Å². The van der Waals surface area contributed by atoms with Crippen LogP contribution in [-0.2, 0) is 17.5 Å². The third kappa shape index (κ3) is 10.8. The van der Waals surface area contributed by atoms with Gasteiger partial charge in [-0.3, -0.25) is 0 Å². The predicted octanol–water partition coefficient (Wildman–Crippen LogP) is 9.22. The lowest BCUT2D eigenvalue weighted by atomic mass is 9.99. The quantitative estimate of drug-likeness (QED) is 0.184. The second-order valence-electron chi connectivity index (χ2n) is 9.10. The topological polar surface area (TPSA) is 37.3 Å². The Kier molecular flexibility index (Phi) is 13.8. The maximum Gasteiger partial charge on any atom is 0.186 e. The third-order valence-electron chi connectivity index (χ3n) is 6.45. The lowest BCUT2D eigenvalue weighted by Crippen LogP contribution is -1.92. The van der Waals surface area contributed by atoms with Crippen molar-refractivity contribution in [3.05, 3.63) is 42.0 Å². The Morgan fingerprint density at radius 2 is 1.19 bits per heavy atom. The average molecular weight is 445 g/mol. The Bertz CT molecular complexity index is 756. The summed E-state index contributed by atoms with van der Waals surface area (Å²) in [5.41, 5.74) is 1.30. The first-order chi connectivity index (χ1) is 15.2. The standard InChI is InChI=1S/C28H44O2S/c1-2-3-4-5-6-7-8-9-10-11-12-13-14-15-16-17-19-25-20-18-21-26-22-23-27(31(29)30)24-28(25)26/h18,20-24H,2-17,19H2,1H3,(H,29,30). The summed E-state index contributed by atoms with van der Waals surface area (Å²) in [6.07, 6.45) is 23.3. The van der Waals surface area contributed by atoms with E-state index in [0.29, 0.717) is 4.90 Å². The first kappa shape index (κ1) is 26.1. The van der Waals surface area contributed by atoms with Gasteiger partial charge in [0.1, 0.15) is 0 Å². The van der Waals surface area contributed by atoms with Gasteiger partial charge in [0.05, 0.1) is 4.90 Å². The van der Waals surface area contributed by atoms with E-state index in [9.17, 15) is 8.76 Å². The Labute approximate surface area is 193 Å². The monoisotopic (exact) mass is 444 g/mol. The van der Waals surface area contributed by atoms with Gasteiger partial charge in [-0.25, -0.2) is 4.21 Å². The van der Waals surface area contributed by atoms with Crippen molar-refractivity contribution >= 4 is 21.9 Å². The van der Waals surface area contributed by atoms with Crippen molar-refractivity contribution in [2.75, 3.05) is 0 Å². The minimum Gasteiger partial charge on any atom is -0.302 e. The summed E-state index contributed by atoms with van der Waals surface area (Å²) < 4.78 is 20.8. The Morgan fingerprint density at radius 3 is 1.71 bits per heavy atom. The molecule has 0 saturated heterocycles. The molecule has 2 aromatic carbocycles. The van der Waals surface area contributed by atoms with Crippen LogP contribution < -0.4 is 0 Å². The molecule has 0 aliphatic heterocycles. The van der Waals surface area contributed by atoms with Gasteiger partial charge in [0, 0.05) is 0 Å². The zero-order valence-electron chi connectivity index (χ0n) is 19.7. The van der Waals surface area contributed by atoms with Crippen LogP contribution in [0.4, 0.5) is 0 Å². The molecule has 0 aliphatic rings. The Hall–Kier alpha value is -1.19. The average Bonchev–Trinajstić information content (AvgIpc) is 2.78. The Balaban J connectivity index is 1.48. The van der Waals surface area contributed by atoms with Crippen LogP contribution in [0.2, 0.25) is 0 Å². The second-order valence-corrected chi connectivity index (χ2v) is 10.1. The summed E-state index contributed by atoms with van der Waals surface area (Å²) in [4.78, 5) is 0.493. The first-order valence-corrected chi connectivity index (χ1v) is 14.0. The van der Waals surface area contributed by atoms with E-state index in [4.69, 9.17) is 0 Å². The van der Waals surface area contributed by atoms with Crippen molar-refractivity contribution in [2.24, 2.45) is 0 Å². The van der Waals surface area contributed by atoms with Gasteiger partial charge >= 0.3 is 0 Å². The van der Waals surface area contributed by atoms with E-state index >= 15 is 0 Å². The highest BCUT2D eigenvalue weighted by Gasteiger charge is 2.05. The highest BCUT2D eigenvalue weighted by molar-refractivity contribution is 7.79. The van der Waals surface area contributed by atoms with Crippen LogP contribution in [0, 0.1) is 0 Å². The van der Waals surface area contributed by atoms with E-state index in [-0.39, 0.29) is 0 Å². The summed E-state index contributed by atoms with van der Waals surface area (Å²) in [6, 6.07) is 11.9. The summed E-state index contributed by atoms with van der Waals surface area (Å²) >= 11 is -1.91. The van der Waals surface area contributed by atoms with E-state index in [1.54, 1.807) is 6.07 Å². The molecule has 2 rings (SSSR count). The molecule has 2 nitrogen and oxygen atoms in total. The maximum atomic E-state index is 11.4. The number of benzene rings is 2. The fourth-order valence-electron chi connectivity index (χ4n) is 4.51. The summed E-state index contributed by atoms with van der Waals surface area (Å²) in [6.45, 7) is 2.28. The molecule has 0 bridgehead atoms. The number of hydrogen-bond acceptors (Lipinski definition) is 1. The highest BCUT2D eigenvalue weighted by Crippen LogP contribution is 2.24. The van der Waals surface area contributed by atoms with Crippen LogP contribution in [-0.4, -0.2) is 8.76 Å². The SMILES string of the molecule is CCCCCCCCCCCCCCCCCCc1cccc2ccc(S(=O)O)cc12. The zero-order valence-corrected chi connectivity index (χ0v) is 20.6. The highest BCUT2D eigenvalue weighted by atomic mass is 32.2. The summed E-state index contributed by atoms with van der Waals surface area (Å²) in [5, 5.41) is 2.28. The van der Waals surface area contributed by atoms with Gasteiger partial charge in [0.2, 0.25) is 0 Å². The number of fused-ring (bicyclic) bond motifs is 1. The Morgan fingerprint density at radius 1 is 0.677 bits per heavy atom. The summed E-state index contributed by atoms with van der Waals surface area (Å²) in [7, 11) is 0. The molecule has 174 valence electrons. The van der Waals surface area contributed by atoms with Gasteiger partial charge in [0.25, 0.3) is 0 Å². The molecule has 1 atom stereocenters. The van der Waals surface area contributed by atoms with Gasteiger partial charge in [-0.2, -0.15) is 0 Å². The summed E-state index contributed by atoms with van der Waals surface area (Å²) in [5.74, 6) is 0. The molecule has 0 fully saturated rings.